The molecule has 3 aromatic rings. The third kappa shape index (κ3) is 6.47. The standard InChI is InChI=1S/C29H37F5N8O/c1-17-14-42(39-38-27-35-12-25-26(37-27)41(19(3)36-25)16-23-5-4-8-43-23)18(2)13-40(17)15-20-6-7-22(29(32,33)34)9-24(20)21-10-28(30,31)11-21/h6-7,9,12,17-18,21,23,39H,4-5,8,10-11,13-16H2,1-3H3,(H,35,37,38)/t17-,18+,23+/m1/s1. The van der Waals surface area contributed by atoms with Gasteiger partial charge in [-0.1, -0.05) is 6.07 Å². The first kappa shape index (κ1) is 30.1. The molecule has 0 radical (unpaired) electrons. The number of hydrogen-bond acceptors (Lipinski definition) is 8. The summed E-state index contributed by atoms with van der Waals surface area (Å²) in [6, 6.07) is 3.62. The van der Waals surface area contributed by atoms with Crippen LogP contribution >= 0.6 is 0 Å². The first-order valence-electron chi connectivity index (χ1n) is 14.8. The van der Waals surface area contributed by atoms with Crippen molar-refractivity contribution in [3.63, 3.8) is 0 Å². The molecular formula is C29H37F5N8O. The van der Waals surface area contributed by atoms with E-state index in [0.717, 1.165) is 43.1 Å². The molecule has 9 nitrogen and oxygen atoms in total. The van der Waals surface area contributed by atoms with Crippen LogP contribution in [0.2, 0.25) is 0 Å². The van der Waals surface area contributed by atoms with E-state index in [9.17, 15) is 22.0 Å². The quantitative estimate of drug-likeness (QED) is 0.265. The average Bonchev–Trinajstić information content (AvgIpc) is 3.55. The fourth-order valence-electron chi connectivity index (χ4n) is 6.39. The lowest BCUT2D eigenvalue weighted by molar-refractivity contribution is -0.137. The molecule has 1 saturated carbocycles. The summed E-state index contributed by atoms with van der Waals surface area (Å²) in [5.74, 6) is -2.14. The molecule has 1 aromatic carbocycles. The van der Waals surface area contributed by atoms with Gasteiger partial charge in [0.2, 0.25) is 11.9 Å². The normalized spacial score (nSPS) is 25.3. The van der Waals surface area contributed by atoms with Crippen molar-refractivity contribution in [1.29, 1.82) is 0 Å². The third-order valence-corrected chi connectivity index (χ3v) is 8.89. The summed E-state index contributed by atoms with van der Waals surface area (Å²) in [7, 11) is 0. The maximum absolute atomic E-state index is 13.7. The van der Waals surface area contributed by atoms with Gasteiger partial charge in [0.1, 0.15) is 11.3 Å². The number of benzene rings is 1. The van der Waals surface area contributed by atoms with Gasteiger partial charge in [-0.3, -0.25) is 10.3 Å². The smallest absolute Gasteiger partial charge is 0.376 e. The summed E-state index contributed by atoms with van der Waals surface area (Å²) in [5, 5.41) is 2.03. The van der Waals surface area contributed by atoms with Crippen LogP contribution < -0.4 is 11.0 Å². The van der Waals surface area contributed by atoms with Gasteiger partial charge in [0, 0.05) is 51.2 Å². The van der Waals surface area contributed by atoms with Crippen LogP contribution in [0.1, 0.15) is 68.0 Å². The Balaban J connectivity index is 1.11. The van der Waals surface area contributed by atoms with Gasteiger partial charge in [-0.05, 0) is 62.8 Å². The maximum atomic E-state index is 13.7. The largest absolute Gasteiger partial charge is 0.416 e. The zero-order valence-electron chi connectivity index (χ0n) is 24.5. The molecular weight excluding hydrogens is 571 g/mol. The molecule has 43 heavy (non-hydrogen) atoms. The minimum Gasteiger partial charge on any atom is -0.376 e. The molecule has 3 aliphatic rings. The monoisotopic (exact) mass is 608 g/mol. The molecule has 2 saturated heterocycles. The molecule has 4 heterocycles. The Morgan fingerprint density at radius 2 is 1.88 bits per heavy atom. The molecule has 2 aromatic heterocycles. The van der Waals surface area contributed by atoms with Crippen molar-refractivity contribution >= 4 is 17.1 Å². The van der Waals surface area contributed by atoms with E-state index >= 15 is 0 Å². The van der Waals surface area contributed by atoms with E-state index in [-0.39, 0.29) is 18.2 Å². The van der Waals surface area contributed by atoms with E-state index in [1.165, 1.54) is 6.07 Å². The number of nitrogens with zero attached hydrogens (tertiary/aromatic N) is 6. The van der Waals surface area contributed by atoms with E-state index < -0.39 is 36.4 Å². The van der Waals surface area contributed by atoms with Crippen molar-refractivity contribution < 1.29 is 26.7 Å². The van der Waals surface area contributed by atoms with Crippen molar-refractivity contribution in [1.82, 2.24) is 35.0 Å². The third-order valence-electron chi connectivity index (χ3n) is 8.89. The Morgan fingerprint density at radius 3 is 2.58 bits per heavy atom. The van der Waals surface area contributed by atoms with Crippen LogP contribution in [0.5, 0.6) is 0 Å². The van der Waals surface area contributed by atoms with Crippen LogP contribution in [0.4, 0.5) is 27.9 Å². The Hall–Kier alpha value is -2.94. The number of anilines is 1. The number of hydrogen-bond donors (Lipinski definition) is 2. The second kappa shape index (κ2) is 11.5. The van der Waals surface area contributed by atoms with E-state index in [4.69, 9.17) is 9.72 Å². The first-order chi connectivity index (χ1) is 20.4. The molecule has 0 amide bonds. The highest BCUT2D eigenvalue weighted by molar-refractivity contribution is 5.71. The Labute approximate surface area is 246 Å². The van der Waals surface area contributed by atoms with Gasteiger partial charge in [-0.15, -0.1) is 0 Å². The lowest BCUT2D eigenvalue weighted by atomic mass is 9.74. The van der Waals surface area contributed by atoms with Crippen LogP contribution in [0.25, 0.3) is 11.2 Å². The van der Waals surface area contributed by atoms with Crippen molar-refractivity contribution in [3.8, 4) is 0 Å². The summed E-state index contributed by atoms with van der Waals surface area (Å²) in [5.41, 5.74) is 8.02. The zero-order chi connectivity index (χ0) is 30.5. The molecule has 0 spiro atoms. The molecule has 1 aliphatic carbocycles. The number of imidazole rings is 1. The molecule has 2 N–H and O–H groups in total. The van der Waals surface area contributed by atoms with Crippen LogP contribution in [0, 0.1) is 6.92 Å². The van der Waals surface area contributed by atoms with Crippen LogP contribution in [-0.2, 0) is 24.0 Å². The van der Waals surface area contributed by atoms with Crippen LogP contribution in [-0.4, -0.2) is 73.2 Å². The number of halogens is 5. The molecule has 3 atom stereocenters. The fourth-order valence-corrected chi connectivity index (χ4v) is 6.39. The second-order valence-electron chi connectivity index (χ2n) is 12.2. The first-order valence-corrected chi connectivity index (χ1v) is 14.8. The second-order valence-corrected chi connectivity index (χ2v) is 12.2. The number of hydrazine groups is 2. The van der Waals surface area contributed by atoms with Gasteiger partial charge in [-0.2, -0.15) is 23.7 Å². The Bertz CT molecular complexity index is 1450. The van der Waals surface area contributed by atoms with E-state index in [1.54, 1.807) is 6.20 Å². The maximum Gasteiger partial charge on any atom is 0.416 e. The summed E-state index contributed by atoms with van der Waals surface area (Å²) in [6.45, 7) is 9.09. The molecule has 14 heteroatoms. The number of ether oxygens (including phenoxy) is 1. The summed E-state index contributed by atoms with van der Waals surface area (Å²) < 4.78 is 75.5. The van der Waals surface area contributed by atoms with Crippen molar-refractivity contribution in [2.24, 2.45) is 0 Å². The number of aryl methyl sites for hydroxylation is 1. The van der Waals surface area contributed by atoms with Crippen molar-refractivity contribution in [3.05, 3.63) is 46.9 Å². The predicted molar refractivity (Wildman–Crippen MR) is 150 cm³/mol. The molecule has 0 bridgehead atoms. The van der Waals surface area contributed by atoms with E-state index in [2.05, 4.69) is 30.4 Å². The van der Waals surface area contributed by atoms with Crippen molar-refractivity contribution in [2.75, 3.05) is 25.1 Å². The summed E-state index contributed by atoms with van der Waals surface area (Å²) in [6.07, 6.45) is -1.46. The minimum absolute atomic E-state index is 0.0191. The Morgan fingerprint density at radius 1 is 1.09 bits per heavy atom. The lowest BCUT2D eigenvalue weighted by Gasteiger charge is -2.44. The van der Waals surface area contributed by atoms with Gasteiger partial charge in [0.25, 0.3) is 0 Å². The number of fused-ring (bicyclic) bond motifs is 1. The number of piperazine rings is 1. The van der Waals surface area contributed by atoms with Gasteiger partial charge in [-0.25, -0.2) is 23.8 Å². The SMILES string of the molecule is Cc1nc2cnc(NNN3C[C@@H](C)N(Cc4ccc(C(F)(F)F)cc4C4CC(F)(F)C4)C[C@@H]3C)nc2n1C[C@@H]1CCCO1. The summed E-state index contributed by atoms with van der Waals surface area (Å²) >= 11 is 0. The van der Waals surface area contributed by atoms with Gasteiger partial charge in [0.15, 0.2) is 5.65 Å². The molecule has 6 rings (SSSR count). The number of alkyl halides is 5. The predicted octanol–water partition coefficient (Wildman–Crippen LogP) is 5.27. The summed E-state index contributed by atoms with van der Waals surface area (Å²) in [4.78, 5) is 15.9. The van der Waals surface area contributed by atoms with Crippen LogP contribution in [0.15, 0.2) is 24.4 Å². The van der Waals surface area contributed by atoms with E-state index in [1.807, 2.05) is 25.8 Å². The van der Waals surface area contributed by atoms with Crippen LogP contribution in [0.3, 0.4) is 0 Å². The molecule has 234 valence electrons. The van der Waals surface area contributed by atoms with Gasteiger partial charge in [0.05, 0.1) is 24.4 Å². The number of aromatic nitrogens is 4. The minimum atomic E-state index is -4.53. The zero-order valence-corrected chi connectivity index (χ0v) is 24.5. The number of rotatable bonds is 8. The Kier molecular flexibility index (Phi) is 8.07. The van der Waals surface area contributed by atoms with Gasteiger partial charge >= 0.3 is 6.18 Å². The van der Waals surface area contributed by atoms with Gasteiger partial charge < -0.3 is 9.30 Å². The molecule has 0 unspecified atom stereocenters. The average molecular weight is 609 g/mol. The fraction of sp³-hybridized carbons (Fsp3) is 0.621. The highest BCUT2D eigenvalue weighted by Crippen LogP contribution is 2.50. The highest BCUT2D eigenvalue weighted by atomic mass is 19.4. The number of nitrogens with one attached hydrogen (secondary N) is 2. The molecule has 3 fully saturated rings. The lowest BCUT2D eigenvalue weighted by Crippen LogP contribution is -2.61. The van der Waals surface area contributed by atoms with E-state index in [0.29, 0.717) is 48.8 Å². The topological polar surface area (TPSA) is 83.4 Å². The highest BCUT2D eigenvalue weighted by Gasteiger charge is 2.47. The van der Waals surface area contributed by atoms with Crippen molar-refractivity contribution in [2.45, 2.75) is 95.7 Å². The molecule has 2 aliphatic heterocycles.